The Kier molecular flexibility index (Phi) is 5.64. The molecule has 0 aliphatic carbocycles. The third-order valence-corrected chi connectivity index (χ3v) is 3.02. The van der Waals surface area contributed by atoms with Gasteiger partial charge in [0.15, 0.2) is 6.61 Å². The van der Waals surface area contributed by atoms with Crippen LogP contribution in [0.2, 0.25) is 0 Å². The molecule has 0 spiro atoms. The Hall–Kier alpha value is -2.49. The lowest BCUT2D eigenvalue weighted by molar-refractivity contribution is -0.123. The highest BCUT2D eigenvalue weighted by molar-refractivity contribution is 5.77. The van der Waals surface area contributed by atoms with Gasteiger partial charge in [0.25, 0.3) is 5.91 Å². The van der Waals surface area contributed by atoms with Crippen LogP contribution < -0.4 is 14.8 Å². The minimum absolute atomic E-state index is 0.0237. The number of ether oxygens (including phenoxy) is 2. The Morgan fingerprint density at radius 2 is 1.76 bits per heavy atom. The van der Waals surface area contributed by atoms with Gasteiger partial charge in [-0.05, 0) is 30.2 Å². The number of carbonyl (C=O) groups excluding carboxylic acids is 1. The molecule has 4 heteroatoms. The van der Waals surface area contributed by atoms with Gasteiger partial charge in [-0.25, -0.2) is 0 Å². The Morgan fingerprint density at radius 3 is 2.52 bits per heavy atom. The lowest BCUT2D eigenvalue weighted by atomic mass is 10.1. The average molecular weight is 285 g/mol. The SMILES string of the molecule is COc1ccccc1CCNC(=O)COc1ccccc1. The second-order valence-corrected chi connectivity index (χ2v) is 4.51. The van der Waals surface area contributed by atoms with E-state index in [4.69, 9.17) is 9.47 Å². The molecule has 0 bridgehead atoms. The van der Waals surface area contributed by atoms with Crippen LogP contribution in [-0.2, 0) is 11.2 Å². The monoisotopic (exact) mass is 285 g/mol. The van der Waals surface area contributed by atoms with Crippen molar-refractivity contribution < 1.29 is 14.3 Å². The molecule has 21 heavy (non-hydrogen) atoms. The molecule has 0 fully saturated rings. The second-order valence-electron chi connectivity index (χ2n) is 4.51. The number of benzene rings is 2. The van der Waals surface area contributed by atoms with Gasteiger partial charge in [0.2, 0.25) is 0 Å². The largest absolute Gasteiger partial charge is 0.496 e. The van der Waals surface area contributed by atoms with Crippen LogP contribution in [0.3, 0.4) is 0 Å². The molecule has 2 rings (SSSR count). The minimum atomic E-state index is -0.131. The highest BCUT2D eigenvalue weighted by Gasteiger charge is 2.04. The number of methoxy groups -OCH3 is 1. The maximum atomic E-state index is 11.7. The Bertz CT molecular complexity index is 569. The zero-order valence-corrected chi connectivity index (χ0v) is 12.0. The first-order valence-electron chi connectivity index (χ1n) is 6.86. The molecule has 0 saturated carbocycles. The van der Waals surface area contributed by atoms with Gasteiger partial charge in [0.1, 0.15) is 11.5 Å². The quantitative estimate of drug-likeness (QED) is 0.850. The van der Waals surface area contributed by atoms with Crippen molar-refractivity contribution in [2.75, 3.05) is 20.3 Å². The van der Waals surface area contributed by atoms with Crippen LogP contribution in [0.25, 0.3) is 0 Å². The van der Waals surface area contributed by atoms with E-state index in [2.05, 4.69) is 5.32 Å². The molecule has 0 unspecified atom stereocenters. The molecule has 1 amide bonds. The molecule has 0 aliphatic rings. The van der Waals surface area contributed by atoms with E-state index in [0.717, 1.165) is 17.7 Å². The number of rotatable bonds is 7. The highest BCUT2D eigenvalue weighted by Crippen LogP contribution is 2.17. The first-order valence-corrected chi connectivity index (χ1v) is 6.86. The number of carbonyl (C=O) groups is 1. The summed E-state index contributed by atoms with van der Waals surface area (Å²) in [5.41, 5.74) is 1.07. The highest BCUT2D eigenvalue weighted by atomic mass is 16.5. The summed E-state index contributed by atoms with van der Waals surface area (Å²) in [6, 6.07) is 17.1. The van der Waals surface area contributed by atoms with Gasteiger partial charge < -0.3 is 14.8 Å². The molecule has 0 aromatic heterocycles. The molecular formula is C17H19NO3. The smallest absolute Gasteiger partial charge is 0.257 e. The second kappa shape index (κ2) is 7.94. The third kappa shape index (κ3) is 4.84. The van der Waals surface area contributed by atoms with Crippen LogP contribution in [0, 0.1) is 0 Å². The van der Waals surface area contributed by atoms with Gasteiger partial charge in [-0.1, -0.05) is 36.4 Å². The summed E-state index contributed by atoms with van der Waals surface area (Å²) >= 11 is 0. The minimum Gasteiger partial charge on any atom is -0.496 e. The Morgan fingerprint density at radius 1 is 1.05 bits per heavy atom. The van der Waals surface area contributed by atoms with Crippen molar-refractivity contribution in [3.63, 3.8) is 0 Å². The van der Waals surface area contributed by atoms with Crippen molar-refractivity contribution in [1.82, 2.24) is 5.32 Å². The maximum Gasteiger partial charge on any atom is 0.257 e. The average Bonchev–Trinajstić information content (AvgIpc) is 2.54. The molecule has 1 N–H and O–H groups in total. The van der Waals surface area contributed by atoms with Gasteiger partial charge in [-0.3, -0.25) is 4.79 Å². The summed E-state index contributed by atoms with van der Waals surface area (Å²) in [6.45, 7) is 0.577. The fraction of sp³-hybridized carbons (Fsp3) is 0.235. The summed E-state index contributed by atoms with van der Waals surface area (Å²) in [5, 5.41) is 2.83. The van der Waals surface area contributed by atoms with E-state index >= 15 is 0 Å². The first kappa shape index (κ1) is 14.9. The third-order valence-electron chi connectivity index (χ3n) is 3.02. The van der Waals surface area contributed by atoms with Crippen LogP contribution in [-0.4, -0.2) is 26.2 Å². The van der Waals surface area contributed by atoms with E-state index in [-0.39, 0.29) is 12.5 Å². The van der Waals surface area contributed by atoms with Gasteiger partial charge in [0.05, 0.1) is 7.11 Å². The normalized spacial score (nSPS) is 9.95. The van der Waals surface area contributed by atoms with Crippen LogP contribution in [0.5, 0.6) is 11.5 Å². The topological polar surface area (TPSA) is 47.6 Å². The van der Waals surface area contributed by atoms with Gasteiger partial charge in [-0.15, -0.1) is 0 Å². The number of amides is 1. The standard InChI is InChI=1S/C17H19NO3/c1-20-16-10-6-5-7-14(16)11-12-18-17(19)13-21-15-8-3-2-4-9-15/h2-10H,11-13H2,1H3,(H,18,19). The van der Waals surface area contributed by atoms with Gasteiger partial charge in [-0.2, -0.15) is 0 Å². The number of hydrogen-bond acceptors (Lipinski definition) is 3. The number of hydrogen-bond donors (Lipinski definition) is 1. The Balaban J connectivity index is 1.72. The molecule has 4 nitrogen and oxygen atoms in total. The van der Waals surface area contributed by atoms with Crippen molar-refractivity contribution in [3.05, 3.63) is 60.2 Å². The van der Waals surface area contributed by atoms with Crippen LogP contribution in [0.15, 0.2) is 54.6 Å². The number of nitrogens with one attached hydrogen (secondary N) is 1. The fourth-order valence-electron chi connectivity index (χ4n) is 1.96. The maximum absolute atomic E-state index is 11.7. The summed E-state index contributed by atoms with van der Waals surface area (Å²) in [6.07, 6.45) is 0.723. The molecule has 2 aromatic carbocycles. The molecule has 0 aliphatic heterocycles. The molecule has 2 aromatic rings. The van der Waals surface area contributed by atoms with Crippen molar-refractivity contribution in [2.45, 2.75) is 6.42 Å². The Labute approximate surface area is 124 Å². The van der Waals surface area contributed by atoms with Gasteiger partial charge in [0, 0.05) is 6.54 Å². The first-order chi connectivity index (χ1) is 10.3. The van der Waals surface area contributed by atoms with Crippen molar-refractivity contribution in [2.24, 2.45) is 0 Å². The van der Waals surface area contributed by atoms with Crippen LogP contribution >= 0.6 is 0 Å². The van der Waals surface area contributed by atoms with E-state index in [1.165, 1.54) is 0 Å². The van der Waals surface area contributed by atoms with Gasteiger partial charge >= 0.3 is 0 Å². The van der Waals surface area contributed by atoms with Crippen molar-refractivity contribution >= 4 is 5.91 Å². The molecule has 0 saturated heterocycles. The predicted octanol–water partition coefficient (Wildman–Crippen LogP) is 2.43. The molecule has 0 radical (unpaired) electrons. The van der Waals surface area contributed by atoms with E-state index < -0.39 is 0 Å². The fourth-order valence-corrected chi connectivity index (χ4v) is 1.96. The summed E-state index contributed by atoms with van der Waals surface area (Å²) in [4.78, 5) is 11.7. The van der Waals surface area contributed by atoms with E-state index in [9.17, 15) is 4.79 Å². The zero-order chi connectivity index (χ0) is 14.9. The lowest BCUT2D eigenvalue weighted by Crippen LogP contribution is -2.30. The predicted molar refractivity (Wildman–Crippen MR) is 81.6 cm³/mol. The van der Waals surface area contributed by atoms with Crippen LogP contribution in [0.4, 0.5) is 0 Å². The molecular weight excluding hydrogens is 266 g/mol. The van der Waals surface area contributed by atoms with E-state index in [0.29, 0.717) is 12.3 Å². The van der Waals surface area contributed by atoms with E-state index in [1.807, 2.05) is 54.6 Å². The molecule has 0 heterocycles. The summed E-state index contributed by atoms with van der Waals surface area (Å²) < 4.78 is 10.6. The molecule has 110 valence electrons. The summed E-state index contributed by atoms with van der Waals surface area (Å²) in [7, 11) is 1.64. The van der Waals surface area contributed by atoms with Crippen LogP contribution in [0.1, 0.15) is 5.56 Å². The lowest BCUT2D eigenvalue weighted by Gasteiger charge is -2.09. The number of para-hydroxylation sites is 2. The zero-order valence-electron chi connectivity index (χ0n) is 12.0. The summed E-state index contributed by atoms with van der Waals surface area (Å²) in [5.74, 6) is 1.40. The van der Waals surface area contributed by atoms with Crippen molar-refractivity contribution in [3.8, 4) is 11.5 Å². The molecule has 0 atom stereocenters. The van der Waals surface area contributed by atoms with Crippen molar-refractivity contribution in [1.29, 1.82) is 0 Å². The van der Waals surface area contributed by atoms with E-state index in [1.54, 1.807) is 7.11 Å².